The second-order valence-corrected chi connectivity index (χ2v) is 9.53. The number of nitrogens with one attached hydrogen (secondary N) is 2. The van der Waals surface area contributed by atoms with E-state index in [1.54, 1.807) is 0 Å². The van der Waals surface area contributed by atoms with Gasteiger partial charge >= 0.3 is 0 Å². The van der Waals surface area contributed by atoms with Gasteiger partial charge in [0.1, 0.15) is 17.5 Å². The average Bonchev–Trinajstić information content (AvgIpc) is 3.68. The zero-order valence-corrected chi connectivity index (χ0v) is 20.8. The second kappa shape index (κ2) is 9.66. The maximum absolute atomic E-state index is 5.13. The van der Waals surface area contributed by atoms with Crippen molar-refractivity contribution in [3.63, 3.8) is 0 Å². The van der Waals surface area contributed by atoms with Gasteiger partial charge in [-0.25, -0.2) is 15.0 Å². The van der Waals surface area contributed by atoms with Gasteiger partial charge in [-0.15, -0.1) is 0 Å². The number of aryl methyl sites for hydroxylation is 1. The van der Waals surface area contributed by atoms with E-state index in [4.69, 9.17) is 9.97 Å². The first-order valence-corrected chi connectivity index (χ1v) is 12.7. The highest BCUT2D eigenvalue weighted by Crippen LogP contribution is 2.44. The van der Waals surface area contributed by atoms with E-state index in [0.29, 0.717) is 12.3 Å². The Balaban J connectivity index is 1.31. The zero-order chi connectivity index (χ0) is 24.5. The number of piperazine rings is 1. The summed E-state index contributed by atoms with van der Waals surface area (Å²) in [6.07, 6.45) is 12.8. The van der Waals surface area contributed by atoms with Crippen LogP contribution in [0.4, 0.5) is 17.5 Å². The molecule has 1 saturated heterocycles. The molecule has 0 bridgehead atoms. The Morgan fingerprint density at radius 1 is 1.11 bits per heavy atom. The van der Waals surface area contributed by atoms with Crippen molar-refractivity contribution in [2.24, 2.45) is 7.05 Å². The summed E-state index contributed by atoms with van der Waals surface area (Å²) >= 11 is 0. The molecule has 6 rings (SSSR count). The first-order chi connectivity index (χ1) is 17.7. The lowest BCUT2D eigenvalue weighted by atomic mass is 10.1. The first-order valence-electron chi connectivity index (χ1n) is 12.7. The van der Waals surface area contributed by atoms with E-state index in [1.165, 1.54) is 23.8 Å². The van der Waals surface area contributed by atoms with Crippen LogP contribution in [-0.4, -0.2) is 55.9 Å². The lowest BCUT2D eigenvalue weighted by Gasteiger charge is -2.30. The Hall–Kier alpha value is -3.85. The fraction of sp³-hybridized carbons (Fsp3) is 0.370. The minimum Gasteiger partial charge on any atom is -0.353 e. The summed E-state index contributed by atoms with van der Waals surface area (Å²) in [4.78, 5) is 21.5. The topological polar surface area (TPSA) is 96.7 Å². The van der Waals surface area contributed by atoms with E-state index in [0.717, 1.165) is 66.2 Å². The number of fused-ring (bicyclic) bond motifs is 1. The van der Waals surface area contributed by atoms with E-state index >= 15 is 0 Å². The summed E-state index contributed by atoms with van der Waals surface area (Å²) in [7, 11) is 1.93. The molecule has 2 fully saturated rings. The van der Waals surface area contributed by atoms with Crippen molar-refractivity contribution in [3.05, 3.63) is 65.5 Å². The monoisotopic (exact) mass is 481 g/mol. The molecule has 9 nitrogen and oxygen atoms in total. The standard InChI is InChI=1S/C27H31N9/c1-3-4-20-15-25(34-35(20)2)32-23-13-18(7-8-30-23)14-24-31-22-17-29-16-21(19-5-6-19)26(22)27(33-24)36-11-9-28-10-12-36/h3-4,7-8,13,15-17,19,28H,5-6,9-12,14H2,1-2H3,(H,30,32,34)/b4-3-. The van der Waals surface area contributed by atoms with Crippen LogP contribution < -0.4 is 15.5 Å². The van der Waals surface area contributed by atoms with Crippen LogP contribution >= 0.6 is 0 Å². The van der Waals surface area contributed by atoms with Gasteiger partial charge < -0.3 is 15.5 Å². The van der Waals surface area contributed by atoms with Crippen LogP contribution in [0, 0.1) is 0 Å². The molecule has 1 aliphatic heterocycles. The van der Waals surface area contributed by atoms with E-state index in [1.807, 2.05) is 67.6 Å². The minimum absolute atomic E-state index is 0.589. The van der Waals surface area contributed by atoms with E-state index in [9.17, 15) is 0 Å². The van der Waals surface area contributed by atoms with Crippen LogP contribution in [0.1, 0.15) is 48.3 Å². The normalized spacial score (nSPS) is 16.2. The maximum atomic E-state index is 5.13. The number of hydrogen-bond donors (Lipinski definition) is 2. The number of aromatic nitrogens is 6. The number of rotatable bonds is 7. The molecule has 5 heterocycles. The van der Waals surface area contributed by atoms with Crippen molar-refractivity contribution in [1.82, 2.24) is 35.0 Å². The van der Waals surface area contributed by atoms with Crippen LogP contribution in [0.5, 0.6) is 0 Å². The largest absolute Gasteiger partial charge is 0.353 e. The summed E-state index contributed by atoms with van der Waals surface area (Å²) in [5, 5.41) is 12.5. The third-order valence-corrected chi connectivity index (χ3v) is 6.79. The molecule has 4 aromatic heterocycles. The summed E-state index contributed by atoms with van der Waals surface area (Å²) < 4.78 is 1.84. The number of anilines is 3. The number of nitrogens with zero attached hydrogens (tertiary/aromatic N) is 7. The summed E-state index contributed by atoms with van der Waals surface area (Å²) in [6, 6.07) is 6.07. The molecule has 1 saturated carbocycles. The Bertz CT molecular complexity index is 1410. The van der Waals surface area contributed by atoms with Crippen LogP contribution in [0.2, 0.25) is 0 Å². The summed E-state index contributed by atoms with van der Waals surface area (Å²) in [5.74, 6) is 3.95. The number of allylic oxidation sites excluding steroid dienone is 1. The molecular weight excluding hydrogens is 450 g/mol. The van der Waals surface area contributed by atoms with Crippen LogP contribution in [0.3, 0.4) is 0 Å². The fourth-order valence-corrected chi connectivity index (χ4v) is 4.86. The average molecular weight is 482 g/mol. The molecule has 1 aliphatic carbocycles. The van der Waals surface area contributed by atoms with Crippen molar-refractivity contribution < 1.29 is 0 Å². The van der Waals surface area contributed by atoms with Gasteiger partial charge in [-0.2, -0.15) is 5.10 Å². The third kappa shape index (κ3) is 4.66. The number of pyridine rings is 2. The quantitative estimate of drug-likeness (QED) is 0.411. The maximum Gasteiger partial charge on any atom is 0.154 e. The highest BCUT2D eigenvalue weighted by Gasteiger charge is 2.29. The lowest BCUT2D eigenvalue weighted by molar-refractivity contribution is 0.585. The molecule has 0 radical (unpaired) electrons. The van der Waals surface area contributed by atoms with Gasteiger partial charge in [0.25, 0.3) is 0 Å². The van der Waals surface area contributed by atoms with E-state index in [-0.39, 0.29) is 0 Å². The Labute approximate surface area is 210 Å². The summed E-state index contributed by atoms with van der Waals surface area (Å²) in [6.45, 7) is 5.82. The fourth-order valence-electron chi connectivity index (χ4n) is 4.86. The highest BCUT2D eigenvalue weighted by molar-refractivity contribution is 5.92. The van der Waals surface area contributed by atoms with Crippen molar-refractivity contribution >= 4 is 34.4 Å². The second-order valence-electron chi connectivity index (χ2n) is 9.53. The van der Waals surface area contributed by atoms with E-state index in [2.05, 4.69) is 30.6 Å². The molecule has 0 amide bonds. The highest BCUT2D eigenvalue weighted by atomic mass is 15.3. The number of hydrogen-bond acceptors (Lipinski definition) is 8. The Morgan fingerprint density at radius 3 is 2.78 bits per heavy atom. The van der Waals surface area contributed by atoms with Gasteiger partial charge in [0, 0.05) is 63.5 Å². The molecule has 36 heavy (non-hydrogen) atoms. The van der Waals surface area contributed by atoms with Gasteiger partial charge in [0.2, 0.25) is 0 Å². The van der Waals surface area contributed by atoms with Gasteiger partial charge in [0.05, 0.1) is 17.4 Å². The molecule has 9 heteroatoms. The SMILES string of the molecule is C/C=C\c1cc(Nc2cc(Cc3nc(N4CCNCC4)c4c(C5CC5)cncc4n3)ccn2)nn1C. The molecule has 0 aromatic carbocycles. The van der Waals surface area contributed by atoms with Gasteiger partial charge in [-0.05, 0) is 55.0 Å². The predicted molar refractivity (Wildman–Crippen MR) is 143 cm³/mol. The first kappa shape index (κ1) is 22.6. The predicted octanol–water partition coefficient (Wildman–Crippen LogP) is 3.81. The van der Waals surface area contributed by atoms with Crippen molar-refractivity contribution in [1.29, 1.82) is 0 Å². The van der Waals surface area contributed by atoms with Crippen LogP contribution in [0.25, 0.3) is 17.0 Å². The smallest absolute Gasteiger partial charge is 0.154 e. The van der Waals surface area contributed by atoms with Crippen LogP contribution in [0.15, 0.2) is 42.9 Å². The van der Waals surface area contributed by atoms with Crippen molar-refractivity contribution in [3.8, 4) is 0 Å². The summed E-state index contributed by atoms with van der Waals surface area (Å²) in [5.41, 5.74) is 4.36. The molecule has 0 atom stereocenters. The Morgan fingerprint density at radius 2 is 1.97 bits per heavy atom. The molecule has 0 unspecified atom stereocenters. The molecule has 0 spiro atoms. The van der Waals surface area contributed by atoms with Crippen molar-refractivity contribution in [2.75, 3.05) is 36.4 Å². The third-order valence-electron chi connectivity index (χ3n) is 6.79. The zero-order valence-electron chi connectivity index (χ0n) is 20.8. The molecule has 2 aliphatic rings. The molecule has 2 N–H and O–H groups in total. The molecule has 184 valence electrons. The van der Waals surface area contributed by atoms with E-state index < -0.39 is 0 Å². The van der Waals surface area contributed by atoms with Gasteiger partial charge in [0.15, 0.2) is 5.82 Å². The van der Waals surface area contributed by atoms with Gasteiger partial charge in [-0.3, -0.25) is 9.67 Å². The van der Waals surface area contributed by atoms with Crippen LogP contribution in [-0.2, 0) is 13.5 Å². The van der Waals surface area contributed by atoms with Gasteiger partial charge in [-0.1, -0.05) is 6.08 Å². The molecular formula is C27H31N9. The minimum atomic E-state index is 0.589. The lowest BCUT2D eigenvalue weighted by Crippen LogP contribution is -2.44. The van der Waals surface area contributed by atoms with Crippen molar-refractivity contribution in [2.45, 2.75) is 32.1 Å². The Kier molecular flexibility index (Phi) is 6.06. The molecule has 4 aromatic rings.